The Balaban J connectivity index is 2.12. The Bertz CT molecular complexity index is 379. The maximum absolute atomic E-state index is 10.8. The van der Waals surface area contributed by atoms with Crippen LogP contribution in [-0.2, 0) is 0 Å². The highest BCUT2D eigenvalue weighted by atomic mass is 32.2. The lowest BCUT2D eigenvalue weighted by Crippen LogP contribution is -2.01. The highest BCUT2D eigenvalue weighted by molar-refractivity contribution is 7.99. The molecule has 0 aliphatic carbocycles. The molecular formula is C15H22O3S. The van der Waals surface area contributed by atoms with Crippen molar-refractivity contribution in [2.75, 3.05) is 18.1 Å². The number of ether oxygens (including phenoxy) is 1. The zero-order valence-electron chi connectivity index (χ0n) is 11.4. The van der Waals surface area contributed by atoms with Crippen LogP contribution < -0.4 is 4.74 Å². The van der Waals surface area contributed by atoms with Crippen LogP contribution >= 0.6 is 11.8 Å². The molecule has 1 N–H and O–H groups in total. The monoisotopic (exact) mass is 282 g/mol. The molecule has 0 saturated carbocycles. The molecule has 1 aromatic carbocycles. The lowest BCUT2D eigenvalue weighted by molar-refractivity contribution is 0.0696. The molecule has 0 heterocycles. The first-order valence-electron chi connectivity index (χ1n) is 6.78. The number of aromatic carboxylic acids is 1. The second kappa shape index (κ2) is 9.73. The van der Waals surface area contributed by atoms with E-state index in [9.17, 15) is 4.79 Å². The Labute approximate surface area is 119 Å². The van der Waals surface area contributed by atoms with E-state index in [0.29, 0.717) is 12.4 Å². The lowest BCUT2D eigenvalue weighted by atomic mass is 10.2. The number of benzene rings is 1. The van der Waals surface area contributed by atoms with Gasteiger partial charge in [0.05, 0.1) is 12.2 Å². The highest BCUT2D eigenvalue weighted by Gasteiger charge is 2.03. The van der Waals surface area contributed by atoms with Gasteiger partial charge in [-0.3, -0.25) is 0 Å². The first-order chi connectivity index (χ1) is 9.24. The molecule has 0 amide bonds. The van der Waals surface area contributed by atoms with E-state index in [1.807, 2.05) is 11.8 Å². The number of carboxylic acids is 1. The van der Waals surface area contributed by atoms with E-state index < -0.39 is 5.97 Å². The number of thioether (sulfide) groups is 1. The molecule has 0 unspecified atom stereocenters. The summed E-state index contributed by atoms with van der Waals surface area (Å²) in [4.78, 5) is 10.8. The van der Waals surface area contributed by atoms with Crippen molar-refractivity contribution < 1.29 is 14.6 Å². The van der Waals surface area contributed by atoms with Gasteiger partial charge in [0.25, 0.3) is 0 Å². The molecule has 19 heavy (non-hydrogen) atoms. The van der Waals surface area contributed by atoms with Crippen LogP contribution in [0.3, 0.4) is 0 Å². The largest absolute Gasteiger partial charge is 0.494 e. The van der Waals surface area contributed by atoms with Crippen molar-refractivity contribution in [2.24, 2.45) is 0 Å². The summed E-state index contributed by atoms with van der Waals surface area (Å²) in [6.45, 7) is 2.85. The van der Waals surface area contributed by atoms with Gasteiger partial charge in [-0.25, -0.2) is 4.79 Å². The van der Waals surface area contributed by atoms with Crippen LogP contribution in [0.5, 0.6) is 5.75 Å². The SMILES string of the molecule is CCCCCSCCCOc1cccc(C(=O)O)c1. The molecule has 4 heteroatoms. The van der Waals surface area contributed by atoms with Gasteiger partial charge < -0.3 is 9.84 Å². The number of rotatable bonds is 10. The fourth-order valence-electron chi connectivity index (χ4n) is 1.63. The molecule has 0 aliphatic rings. The first kappa shape index (κ1) is 15.9. The third-order valence-corrected chi connectivity index (χ3v) is 3.83. The minimum Gasteiger partial charge on any atom is -0.494 e. The number of carboxylic acid groups (broad SMARTS) is 1. The second-order valence-electron chi connectivity index (χ2n) is 4.35. The number of carbonyl (C=O) groups is 1. The topological polar surface area (TPSA) is 46.5 Å². The molecule has 1 aromatic rings. The zero-order chi connectivity index (χ0) is 13.9. The number of hydrogen-bond donors (Lipinski definition) is 1. The van der Waals surface area contributed by atoms with Crippen LogP contribution in [0.2, 0.25) is 0 Å². The maximum Gasteiger partial charge on any atom is 0.335 e. The third-order valence-electron chi connectivity index (χ3n) is 2.67. The molecule has 0 saturated heterocycles. The standard InChI is InChI=1S/C15H22O3S/c1-2-3-4-10-19-11-6-9-18-14-8-5-7-13(12-14)15(16)17/h5,7-8,12H,2-4,6,9-11H2,1H3,(H,16,17). The zero-order valence-corrected chi connectivity index (χ0v) is 12.2. The Morgan fingerprint density at radius 2 is 2.05 bits per heavy atom. The van der Waals surface area contributed by atoms with Gasteiger partial charge >= 0.3 is 5.97 Å². The van der Waals surface area contributed by atoms with Gasteiger partial charge in [0.2, 0.25) is 0 Å². The Morgan fingerprint density at radius 1 is 1.26 bits per heavy atom. The van der Waals surface area contributed by atoms with Gasteiger partial charge in [-0.1, -0.05) is 25.8 Å². The minimum atomic E-state index is -0.920. The van der Waals surface area contributed by atoms with Crippen molar-refractivity contribution in [3.05, 3.63) is 29.8 Å². The maximum atomic E-state index is 10.8. The Morgan fingerprint density at radius 3 is 2.79 bits per heavy atom. The van der Waals surface area contributed by atoms with Crippen molar-refractivity contribution in [3.63, 3.8) is 0 Å². The number of unbranched alkanes of at least 4 members (excludes halogenated alkanes) is 2. The van der Waals surface area contributed by atoms with Gasteiger partial charge in [-0.05, 0) is 42.5 Å². The van der Waals surface area contributed by atoms with Crippen molar-refractivity contribution in [3.8, 4) is 5.75 Å². The van der Waals surface area contributed by atoms with Crippen LogP contribution in [-0.4, -0.2) is 29.2 Å². The Kier molecular flexibility index (Phi) is 8.14. The van der Waals surface area contributed by atoms with Crippen LogP contribution in [0.1, 0.15) is 43.0 Å². The van der Waals surface area contributed by atoms with Crippen LogP contribution in [0.25, 0.3) is 0 Å². The quantitative estimate of drug-likeness (QED) is 0.657. The minimum absolute atomic E-state index is 0.270. The summed E-state index contributed by atoms with van der Waals surface area (Å²) >= 11 is 1.96. The summed E-state index contributed by atoms with van der Waals surface area (Å²) in [6.07, 6.45) is 4.87. The fraction of sp³-hybridized carbons (Fsp3) is 0.533. The van der Waals surface area contributed by atoms with E-state index in [0.717, 1.165) is 12.2 Å². The van der Waals surface area contributed by atoms with E-state index in [1.54, 1.807) is 24.3 Å². The smallest absolute Gasteiger partial charge is 0.335 e. The van der Waals surface area contributed by atoms with Gasteiger partial charge in [0.15, 0.2) is 0 Å². The molecule has 0 atom stereocenters. The molecule has 106 valence electrons. The van der Waals surface area contributed by atoms with E-state index in [1.165, 1.54) is 25.0 Å². The summed E-state index contributed by atoms with van der Waals surface area (Å²) < 4.78 is 5.55. The molecule has 0 aromatic heterocycles. The van der Waals surface area contributed by atoms with E-state index in [2.05, 4.69) is 6.92 Å². The fourth-order valence-corrected chi connectivity index (χ4v) is 2.56. The Hall–Kier alpha value is -1.16. The van der Waals surface area contributed by atoms with E-state index >= 15 is 0 Å². The summed E-state index contributed by atoms with van der Waals surface area (Å²) in [5.74, 6) is 2.04. The van der Waals surface area contributed by atoms with Crippen molar-refractivity contribution >= 4 is 17.7 Å². The molecule has 0 fully saturated rings. The molecule has 0 spiro atoms. The van der Waals surface area contributed by atoms with Crippen molar-refractivity contribution in [1.82, 2.24) is 0 Å². The van der Waals surface area contributed by atoms with Crippen LogP contribution in [0.4, 0.5) is 0 Å². The third kappa shape index (κ3) is 7.11. The van der Waals surface area contributed by atoms with Gasteiger partial charge in [-0.2, -0.15) is 11.8 Å². The molecule has 0 bridgehead atoms. The first-order valence-corrected chi connectivity index (χ1v) is 7.93. The van der Waals surface area contributed by atoms with Crippen molar-refractivity contribution in [2.45, 2.75) is 32.6 Å². The van der Waals surface area contributed by atoms with E-state index in [4.69, 9.17) is 9.84 Å². The average molecular weight is 282 g/mol. The predicted octanol–water partition coefficient (Wildman–Crippen LogP) is 4.08. The summed E-state index contributed by atoms with van der Waals surface area (Å²) in [6, 6.07) is 6.63. The molecular weight excluding hydrogens is 260 g/mol. The highest BCUT2D eigenvalue weighted by Crippen LogP contribution is 2.14. The van der Waals surface area contributed by atoms with Gasteiger partial charge in [0, 0.05) is 0 Å². The lowest BCUT2D eigenvalue weighted by Gasteiger charge is -2.06. The average Bonchev–Trinajstić information content (AvgIpc) is 2.42. The van der Waals surface area contributed by atoms with Gasteiger partial charge in [0.1, 0.15) is 5.75 Å². The number of hydrogen-bond acceptors (Lipinski definition) is 3. The molecule has 3 nitrogen and oxygen atoms in total. The summed E-state index contributed by atoms with van der Waals surface area (Å²) in [5, 5.41) is 8.86. The van der Waals surface area contributed by atoms with Crippen LogP contribution in [0, 0.1) is 0 Å². The molecule has 1 rings (SSSR count). The van der Waals surface area contributed by atoms with Gasteiger partial charge in [-0.15, -0.1) is 0 Å². The van der Waals surface area contributed by atoms with E-state index in [-0.39, 0.29) is 5.56 Å². The molecule has 0 aliphatic heterocycles. The summed E-state index contributed by atoms with van der Waals surface area (Å²) in [7, 11) is 0. The molecule has 0 radical (unpaired) electrons. The second-order valence-corrected chi connectivity index (χ2v) is 5.58. The predicted molar refractivity (Wildman–Crippen MR) is 80.4 cm³/mol. The van der Waals surface area contributed by atoms with Crippen molar-refractivity contribution in [1.29, 1.82) is 0 Å². The van der Waals surface area contributed by atoms with Crippen LogP contribution in [0.15, 0.2) is 24.3 Å². The summed E-state index contributed by atoms with van der Waals surface area (Å²) in [5.41, 5.74) is 0.270. The normalized spacial score (nSPS) is 10.4.